The quantitative estimate of drug-likeness (QED) is 0.678. The summed E-state index contributed by atoms with van der Waals surface area (Å²) in [4.78, 5) is 2.43. The molecule has 3 atom stereocenters. The van der Waals surface area contributed by atoms with Crippen LogP contribution in [0.25, 0.3) is 6.08 Å². The highest BCUT2D eigenvalue weighted by Gasteiger charge is 2.56. The van der Waals surface area contributed by atoms with Gasteiger partial charge in [0.15, 0.2) is 11.5 Å². The standard InChI is InChI=1S/C25H27NO2/c1-26(17-18-7-4-3-5-8-18)16-15-25-20-9-6-10-22(25)28-24-21(27-2)14-12-19(11-13-20)23(24)25/h3-9,11-14,20,22H,10,15-17H2,1-2H3/t20-,22-,25+/m0/s1. The lowest BCUT2D eigenvalue weighted by Crippen LogP contribution is -2.48. The van der Waals surface area contributed by atoms with E-state index in [0.29, 0.717) is 5.92 Å². The Morgan fingerprint density at radius 1 is 1.14 bits per heavy atom. The zero-order valence-electron chi connectivity index (χ0n) is 16.6. The fourth-order valence-corrected chi connectivity index (χ4v) is 5.29. The van der Waals surface area contributed by atoms with Gasteiger partial charge < -0.3 is 14.4 Å². The van der Waals surface area contributed by atoms with Crippen molar-refractivity contribution in [1.29, 1.82) is 0 Å². The molecule has 0 spiro atoms. The molecule has 0 radical (unpaired) electrons. The molecule has 0 fully saturated rings. The molecule has 0 aromatic heterocycles. The molecule has 2 aromatic rings. The van der Waals surface area contributed by atoms with Gasteiger partial charge in [-0.3, -0.25) is 0 Å². The summed E-state index contributed by atoms with van der Waals surface area (Å²) >= 11 is 0. The fourth-order valence-electron chi connectivity index (χ4n) is 5.29. The van der Waals surface area contributed by atoms with Crippen molar-refractivity contribution < 1.29 is 9.47 Å². The van der Waals surface area contributed by atoms with E-state index in [2.05, 4.69) is 72.6 Å². The Balaban J connectivity index is 1.47. The van der Waals surface area contributed by atoms with Crippen molar-refractivity contribution in [2.24, 2.45) is 5.92 Å². The van der Waals surface area contributed by atoms with E-state index in [1.54, 1.807) is 7.11 Å². The number of rotatable bonds is 6. The van der Waals surface area contributed by atoms with Crippen LogP contribution in [0.2, 0.25) is 0 Å². The average molecular weight is 373 g/mol. The molecule has 3 heteroatoms. The van der Waals surface area contributed by atoms with Crippen LogP contribution in [0, 0.1) is 5.92 Å². The van der Waals surface area contributed by atoms with Gasteiger partial charge in [-0.1, -0.05) is 60.7 Å². The Bertz CT molecular complexity index is 933. The van der Waals surface area contributed by atoms with Crippen LogP contribution in [0.3, 0.4) is 0 Å². The summed E-state index contributed by atoms with van der Waals surface area (Å²) in [6.07, 6.45) is 11.5. The molecule has 0 bridgehead atoms. The van der Waals surface area contributed by atoms with E-state index in [1.165, 1.54) is 16.7 Å². The highest BCUT2D eigenvalue weighted by molar-refractivity contribution is 5.71. The number of allylic oxidation sites excluding steroid dienone is 2. The van der Waals surface area contributed by atoms with E-state index in [4.69, 9.17) is 9.47 Å². The van der Waals surface area contributed by atoms with Gasteiger partial charge >= 0.3 is 0 Å². The lowest BCUT2D eigenvalue weighted by Gasteiger charge is -2.44. The number of hydrogen-bond acceptors (Lipinski definition) is 3. The summed E-state index contributed by atoms with van der Waals surface area (Å²) in [5, 5.41) is 0. The SMILES string of the molecule is COc1ccc2c3c1O[C@H]1CC=C[C@@H](C=C2)[C@@]31CCN(C)Cc1ccccc1. The van der Waals surface area contributed by atoms with Gasteiger partial charge in [-0.25, -0.2) is 0 Å². The molecule has 3 nitrogen and oxygen atoms in total. The third-order valence-electron chi connectivity index (χ3n) is 6.65. The summed E-state index contributed by atoms with van der Waals surface area (Å²) in [6.45, 7) is 2.00. The first-order valence-corrected chi connectivity index (χ1v) is 10.2. The van der Waals surface area contributed by atoms with E-state index in [-0.39, 0.29) is 11.5 Å². The minimum Gasteiger partial charge on any atom is -0.493 e. The van der Waals surface area contributed by atoms with Crippen LogP contribution in [0.15, 0.2) is 60.7 Å². The normalized spacial score (nSPS) is 26.2. The second-order valence-corrected chi connectivity index (χ2v) is 8.23. The monoisotopic (exact) mass is 373 g/mol. The van der Waals surface area contributed by atoms with E-state index < -0.39 is 0 Å². The van der Waals surface area contributed by atoms with Crippen molar-refractivity contribution in [2.75, 3.05) is 20.7 Å². The first-order chi connectivity index (χ1) is 13.7. The predicted octanol–water partition coefficient (Wildman–Crippen LogP) is 4.82. The van der Waals surface area contributed by atoms with Crippen LogP contribution >= 0.6 is 0 Å². The Kier molecular flexibility index (Phi) is 4.28. The maximum atomic E-state index is 6.54. The van der Waals surface area contributed by atoms with Gasteiger partial charge in [0.25, 0.3) is 0 Å². The molecule has 5 rings (SSSR count). The van der Waals surface area contributed by atoms with Crippen LogP contribution in [0.4, 0.5) is 0 Å². The maximum absolute atomic E-state index is 6.54. The van der Waals surface area contributed by atoms with Gasteiger partial charge in [-0.05, 0) is 37.2 Å². The molecule has 0 saturated heterocycles. The number of ether oxygens (including phenoxy) is 2. The molecule has 1 heterocycles. The fraction of sp³-hybridized carbons (Fsp3) is 0.360. The minimum absolute atomic E-state index is 0.00759. The van der Waals surface area contributed by atoms with Crippen LogP contribution in [0.5, 0.6) is 11.5 Å². The van der Waals surface area contributed by atoms with E-state index >= 15 is 0 Å². The average Bonchev–Trinajstić information content (AvgIpc) is 3.08. The smallest absolute Gasteiger partial charge is 0.166 e. The van der Waals surface area contributed by atoms with Crippen LogP contribution in [-0.2, 0) is 12.0 Å². The first-order valence-electron chi connectivity index (χ1n) is 10.2. The number of methoxy groups -OCH3 is 1. The van der Waals surface area contributed by atoms with Crippen LogP contribution in [-0.4, -0.2) is 31.7 Å². The van der Waals surface area contributed by atoms with Gasteiger partial charge in [0.05, 0.1) is 7.11 Å². The molecule has 28 heavy (non-hydrogen) atoms. The van der Waals surface area contributed by atoms with Gasteiger partial charge in [0, 0.05) is 29.9 Å². The summed E-state index contributed by atoms with van der Waals surface area (Å²) < 4.78 is 12.2. The number of hydrogen-bond donors (Lipinski definition) is 0. The predicted molar refractivity (Wildman–Crippen MR) is 113 cm³/mol. The van der Waals surface area contributed by atoms with Crippen molar-refractivity contribution in [3.63, 3.8) is 0 Å². The highest BCUT2D eigenvalue weighted by Crippen LogP contribution is 2.59. The lowest BCUT2D eigenvalue weighted by atomic mass is 9.59. The van der Waals surface area contributed by atoms with E-state index in [9.17, 15) is 0 Å². The molecule has 144 valence electrons. The Hall–Kier alpha value is -2.52. The Morgan fingerprint density at radius 3 is 2.82 bits per heavy atom. The largest absolute Gasteiger partial charge is 0.493 e. The molecule has 0 unspecified atom stereocenters. The van der Waals surface area contributed by atoms with Crippen LogP contribution < -0.4 is 9.47 Å². The van der Waals surface area contributed by atoms with Crippen molar-refractivity contribution >= 4 is 6.08 Å². The summed E-state index contributed by atoms with van der Waals surface area (Å²) in [5.74, 6) is 2.21. The van der Waals surface area contributed by atoms with Crippen LogP contribution in [0.1, 0.15) is 29.5 Å². The molecule has 0 N–H and O–H groups in total. The molecule has 2 aliphatic carbocycles. The molecular formula is C25H27NO2. The zero-order chi connectivity index (χ0) is 19.1. The van der Waals surface area contributed by atoms with Crippen molar-refractivity contribution in [3.8, 4) is 11.5 Å². The molecule has 1 aliphatic heterocycles. The van der Waals surface area contributed by atoms with Gasteiger partial charge in [0.2, 0.25) is 0 Å². The molecule has 0 amide bonds. The lowest BCUT2D eigenvalue weighted by molar-refractivity contribution is 0.101. The van der Waals surface area contributed by atoms with Crippen molar-refractivity contribution in [3.05, 3.63) is 77.4 Å². The van der Waals surface area contributed by atoms with Gasteiger partial charge in [-0.2, -0.15) is 0 Å². The summed E-state index contributed by atoms with van der Waals surface area (Å²) in [6, 6.07) is 14.9. The second-order valence-electron chi connectivity index (χ2n) is 8.23. The zero-order valence-corrected chi connectivity index (χ0v) is 16.6. The maximum Gasteiger partial charge on any atom is 0.166 e. The van der Waals surface area contributed by atoms with Crippen molar-refractivity contribution in [2.45, 2.75) is 30.9 Å². The van der Waals surface area contributed by atoms with Crippen molar-refractivity contribution in [1.82, 2.24) is 4.90 Å². The first kappa shape index (κ1) is 17.6. The number of benzene rings is 2. The Morgan fingerprint density at radius 2 is 2.00 bits per heavy atom. The third-order valence-corrected chi connectivity index (χ3v) is 6.65. The highest BCUT2D eigenvalue weighted by atomic mass is 16.5. The second kappa shape index (κ2) is 6.82. The minimum atomic E-state index is 0.00759. The topological polar surface area (TPSA) is 21.7 Å². The van der Waals surface area contributed by atoms with Gasteiger partial charge in [-0.15, -0.1) is 0 Å². The van der Waals surface area contributed by atoms with E-state index in [1.807, 2.05) is 6.07 Å². The summed E-state index contributed by atoms with van der Waals surface area (Å²) in [7, 11) is 3.95. The molecular weight excluding hydrogens is 346 g/mol. The third kappa shape index (κ3) is 2.61. The van der Waals surface area contributed by atoms with Gasteiger partial charge in [0.1, 0.15) is 6.10 Å². The summed E-state index contributed by atoms with van der Waals surface area (Å²) in [5.41, 5.74) is 4.02. The molecule has 0 saturated carbocycles. The Labute approximate surface area is 167 Å². The van der Waals surface area contributed by atoms with E-state index in [0.717, 1.165) is 37.4 Å². The number of nitrogens with zero attached hydrogens (tertiary/aromatic N) is 1. The molecule has 2 aromatic carbocycles. The molecule has 3 aliphatic rings.